The minimum Gasteiger partial charge on any atom is -0.321 e. The van der Waals surface area contributed by atoms with Crippen LogP contribution in [-0.4, -0.2) is 30.0 Å². The summed E-state index contributed by atoms with van der Waals surface area (Å²) in [5, 5.41) is 6.61. The summed E-state index contributed by atoms with van der Waals surface area (Å²) in [5.74, 6) is -2.64. The standard InChI is InChI=1S/C19H16F2N4O4S/c1-11(26)24-30(28,29)14-6-4-13(5-7-14)22-19(27)18-10-17(23-25(18)2)15-9-12(20)3-8-16(15)21/h3-10H,1-2H3,(H,22,27)(H,24,26). The molecule has 11 heteroatoms. The van der Waals surface area contributed by atoms with E-state index in [0.29, 0.717) is 0 Å². The van der Waals surface area contributed by atoms with Crippen LogP contribution in [-0.2, 0) is 21.9 Å². The molecule has 0 aliphatic heterocycles. The Hall–Kier alpha value is -3.60. The third kappa shape index (κ3) is 4.51. The van der Waals surface area contributed by atoms with Crippen LogP contribution in [0.3, 0.4) is 0 Å². The van der Waals surface area contributed by atoms with Crippen molar-refractivity contribution in [3.8, 4) is 11.3 Å². The number of sulfonamides is 1. The molecule has 0 saturated heterocycles. The van der Waals surface area contributed by atoms with Crippen LogP contribution in [0.4, 0.5) is 14.5 Å². The molecule has 0 spiro atoms. The van der Waals surface area contributed by atoms with E-state index >= 15 is 0 Å². The van der Waals surface area contributed by atoms with E-state index in [2.05, 4.69) is 10.4 Å². The highest BCUT2D eigenvalue weighted by Crippen LogP contribution is 2.24. The van der Waals surface area contributed by atoms with Gasteiger partial charge in [0, 0.05) is 25.2 Å². The first-order chi connectivity index (χ1) is 14.1. The molecule has 156 valence electrons. The molecular formula is C19H16F2N4O4S. The summed E-state index contributed by atoms with van der Waals surface area (Å²) >= 11 is 0. The number of aromatic nitrogens is 2. The molecule has 1 heterocycles. The van der Waals surface area contributed by atoms with E-state index in [4.69, 9.17) is 0 Å². The molecule has 2 N–H and O–H groups in total. The third-order valence-corrected chi connectivity index (χ3v) is 5.47. The van der Waals surface area contributed by atoms with Crippen LogP contribution >= 0.6 is 0 Å². The summed E-state index contributed by atoms with van der Waals surface area (Å²) in [7, 11) is -2.52. The van der Waals surface area contributed by atoms with Crippen molar-refractivity contribution in [3.63, 3.8) is 0 Å². The number of hydrogen-bond acceptors (Lipinski definition) is 5. The number of carbonyl (C=O) groups is 2. The van der Waals surface area contributed by atoms with Gasteiger partial charge in [-0.3, -0.25) is 14.3 Å². The molecule has 0 atom stereocenters. The molecule has 2 aromatic carbocycles. The van der Waals surface area contributed by atoms with Gasteiger partial charge in [-0.25, -0.2) is 21.9 Å². The van der Waals surface area contributed by atoms with Crippen LogP contribution in [0.25, 0.3) is 11.3 Å². The predicted octanol–water partition coefficient (Wildman–Crippen LogP) is 2.44. The first-order valence-corrected chi connectivity index (χ1v) is 9.99. The fourth-order valence-electron chi connectivity index (χ4n) is 2.67. The normalized spacial score (nSPS) is 11.2. The highest BCUT2D eigenvalue weighted by Gasteiger charge is 2.18. The summed E-state index contributed by atoms with van der Waals surface area (Å²) in [6.45, 7) is 1.07. The lowest BCUT2D eigenvalue weighted by Gasteiger charge is -2.07. The number of nitrogens with zero attached hydrogens (tertiary/aromatic N) is 2. The van der Waals surface area contributed by atoms with Gasteiger partial charge in [-0.2, -0.15) is 5.10 Å². The molecule has 0 fully saturated rings. The highest BCUT2D eigenvalue weighted by molar-refractivity contribution is 7.90. The van der Waals surface area contributed by atoms with Crippen molar-refractivity contribution >= 4 is 27.5 Å². The number of rotatable bonds is 5. The lowest BCUT2D eigenvalue weighted by Crippen LogP contribution is -2.28. The molecular weight excluding hydrogens is 418 g/mol. The van der Waals surface area contributed by atoms with Crippen molar-refractivity contribution in [3.05, 3.63) is 65.9 Å². The second-order valence-corrected chi connectivity index (χ2v) is 7.99. The second kappa shape index (κ2) is 8.03. The molecule has 3 aromatic rings. The van der Waals surface area contributed by atoms with Gasteiger partial charge in [0.05, 0.1) is 10.6 Å². The Labute approximate surface area is 170 Å². The number of aryl methyl sites for hydroxylation is 1. The average molecular weight is 434 g/mol. The van der Waals surface area contributed by atoms with Gasteiger partial charge in [-0.15, -0.1) is 0 Å². The van der Waals surface area contributed by atoms with Crippen molar-refractivity contribution < 1.29 is 26.8 Å². The zero-order chi connectivity index (χ0) is 22.1. The van der Waals surface area contributed by atoms with E-state index < -0.39 is 33.5 Å². The summed E-state index contributed by atoms with van der Waals surface area (Å²) in [6, 6.07) is 9.36. The minimum absolute atomic E-state index is 0.0728. The van der Waals surface area contributed by atoms with Gasteiger partial charge in [0.2, 0.25) is 5.91 Å². The number of anilines is 1. The fraction of sp³-hybridized carbons (Fsp3) is 0.105. The highest BCUT2D eigenvalue weighted by atomic mass is 32.2. The summed E-state index contributed by atoms with van der Waals surface area (Å²) < 4.78 is 54.3. The lowest BCUT2D eigenvalue weighted by atomic mass is 10.1. The van der Waals surface area contributed by atoms with E-state index in [-0.39, 0.29) is 27.5 Å². The maximum atomic E-state index is 14.0. The SMILES string of the molecule is CC(=O)NS(=O)(=O)c1ccc(NC(=O)c2cc(-c3cc(F)ccc3F)nn2C)cc1. The van der Waals surface area contributed by atoms with Crippen molar-refractivity contribution in [1.29, 1.82) is 0 Å². The van der Waals surface area contributed by atoms with Gasteiger partial charge in [-0.1, -0.05) is 0 Å². The summed E-state index contributed by atoms with van der Waals surface area (Å²) in [6.07, 6.45) is 0. The molecule has 8 nitrogen and oxygen atoms in total. The number of nitrogens with one attached hydrogen (secondary N) is 2. The predicted molar refractivity (Wildman–Crippen MR) is 104 cm³/mol. The number of carbonyl (C=O) groups excluding carboxylic acids is 2. The summed E-state index contributed by atoms with van der Waals surface area (Å²) in [5.41, 5.74) is 0.346. The molecule has 0 saturated carbocycles. The molecule has 0 aliphatic carbocycles. The van der Waals surface area contributed by atoms with Crippen molar-refractivity contribution in [2.75, 3.05) is 5.32 Å². The fourth-order valence-corrected chi connectivity index (χ4v) is 3.66. The van der Waals surface area contributed by atoms with Gasteiger partial charge in [0.25, 0.3) is 15.9 Å². The number of halogens is 2. The van der Waals surface area contributed by atoms with Crippen molar-refractivity contribution in [2.45, 2.75) is 11.8 Å². The zero-order valence-electron chi connectivity index (χ0n) is 15.8. The van der Waals surface area contributed by atoms with E-state index in [1.54, 1.807) is 0 Å². The van der Waals surface area contributed by atoms with Gasteiger partial charge in [0.15, 0.2) is 0 Å². The van der Waals surface area contributed by atoms with Crippen LogP contribution in [0.1, 0.15) is 17.4 Å². The Morgan fingerprint density at radius 2 is 1.70 bits per heavy atom. The maximum absolute atomic E-state index is 14.0. The molecule has 0 unspecified atom stereocenters. The second-order valence-electron chi connectivity index (χ2n) is 6.30. The molecule has 0 bridgehead atoms. The van der Waals surface area contributed by atoms with Crippen molar-refractivity contribution in [1.82, 2.24) is 14.5 Å². The maximum Gasteiger partial charge on any atom is 0.273 e. The third-order valence-electron chi connectivity index (χ3n) is 4.02. The van der Waals surface area contributed by atoms with Crippen LogP contribution in [0.15, 0.2) is 53.4 Å². The van der Waals surface area contributed by atoms with Gasteiger partial charge < -0.3 is 5.32 Å². The monoisotopic (exact) mass is 434 g/mol. The first kappa shape index (κ1) is 21.1. The van der Waals surface area contributed by atoms with Crippen LogP contribution < -0.4 is 10.0 Å². The van der Waals surface area contributed by atoms with Gasteiger partial charge in [-0.05, 0) is 48.5 Å². The zero-order valence-corrected chi connectivity index (χ0v) is 16.6. The smallest absolute Gasteiger partial charge is 0.273 e. The molecule has 0 radical (unpaired) electrons. The summed E-state index contributed by atoms with van der Waals surface area (Å²) in [4.78, 5) is 23.4. The average Bonchev–Trinajstić information content (AvgIpc) is 3.05. The Bertz CT molecular complexity index is 1240. The Morgan fingerprint density at radius 1 is 1.03 bits per heavy atom. The van der Waals surface area contributed by atoms with Gasteiger partial charge >= 0.3 is 0 Å². The van der Waals surface area contributed by atoms with Crippen LogP contribution in [0.2, 0.25) is 0 Å². The topological polar surface area (TPSA) is 110 Å². The first-order valence-electron chi connectivity index (χ1n) is 8.51. The Balaban J connectivity index is 1.81. The number of hydrogen-bond donors (Lipinski definition) is 2. The van der Waals surface area contributed by atoms with Crippen LogP contribution in [0.5, 0.6) is 0 Å². The Kier molecular flexibility index (Phi) is 5.65. The van der Waals surface area contributed by atoms with Crippen molar-refractivity contribution in [2.24, 2.45) is 7.05 Å². The molecule has 30 heavy (non-hydrogen) atoms. The van der Waals surface area contributed by atoms with Crippen LogP contribution in [0, 0.1) is 11.6 Å². The molecule has 0 aliphatic rings. The van der Waals surface area contributed by atoms with E-state index in [0.717, 1.165) is 25.1 Å². The van der Waals surface area contributed by atoms with E-state index in [1.165, 1.54) is 42.1 Å². The van der Waals surface area contributed by atoms with E-state index in [9.17, 15) is 26.8 Å². The number of benzene rings is 2. The Morgan fingerprint density at radius 3 is 2.33 bits per heavy atom. The molecule has 2 amide bonds. The minimum atomic E-state index is -3.99. The number of amides is 2. The van der Waals surface area contributed by atoms with Gasteiger partial charge in [0.1, 0.15) is 17.3 Å². The quantitative estimate of drug-likeness (QED) is 0.641. The van der Waals surface area contributed by atoms with E-state index in [1.807, 2.05) is 4.72 Å². The molecule has 3 rings (SSSR count). The lowest BCUT2D eigenvalue weighted by molar-refractivity contribution is -0.117. The largest absolute Gasteiger partial charge is 0.321 e. The molecule has 1 aromatic heterocycles.